The molecule has 0 aliphatic carbocycles. The Morgan fingerprint density at radius 2 is 1.82 bits per heavy atom. The van der Waals surface area contributed by atoms with E-state index in [0.717, 1.165) is 0 Å². The number of halogens is 1. The number of hydrazine groups is 1. The molecule has 0 spiro atoms. The van der Waals surface area contributed by atoms with Gasteiger partial charge < -0.3 is 44.4 Å². The first-order valence-corrected chi connectivity index (χ1v) is 12.0. The summed E-state index contributed by atoms with van der Waals surface area (Å²) in [5.41, 5.74) is 4.95. The molecule has 4 rings (SSSR count). The van der Waals surface area contributed by atoms with Gasteiger partial charge in [0.05, 0.1) is 25.9 Å². The zero-order valence-electron chi connectivity index (χ0n) is 20.1. The number of carbonyl (C=O) groups excluding carboxylic acids is 1. The van der Waals surface area contributed by atoms with Gasteiger partial charge in [-0.05, 0) is 30.3 Å². The van der Waals surface area contributed by atoms with Crippen molar-refractivity contribution in [2.75, 3.05) is 24.0 Å². The highest BCUT2D eigenvalue weighted by atomic mass is 35.5. The second-order valence-corrected chi connectivity index (χ2v) is 9.07. The van der Waals surface area contributed by atoms with Crippen molar-refractivity contribution in [1.82, 2.24) is 5.43 Å². The number of hydrogen-bond acceptors (Lipinski definition) is 11. The van der Waals surface area contributed by atoms with Crippen molar-refractivity contribution in [3.8, 4) is 0 Å². The fourth-order valence-electron chi connectivity index (χ4n) is 4.07. The Labute approximate surface area is 222 Å². The van der Waals surface area contributed by atoms with Crippen molar-refractivity contribution in [3.63, 3.8) is 0 Å². The molecule has 206 valence electrons. The summed E-state index contributed by atoms with van der Waals surface area (Å²) < 4.78 is 21.9. The monoisotopic (exact) mass is 553 g/mol. The van der Waals surface area contributed by atoms with Crippen LogP contribution in [0.5, 0.6) is 0 Å². The van der Waals surface area contributed by atoms with Gasteiger partial charge in [0.25, 0.3) is 0 Å². The van der Waals surface area contributed by atoms with Crippen LogP contribution >= 0.6 is 11.6 Å². The lowest BCUT2D eigenvalue weighted by molar-refractivity contribution is -0.309. The number of ether oxygens (including phenoxy) is 4. The predicted octanol–water partition coefficient (Wildman–Crippen LogP) is 0.663. The molecule has 6 N–H and O–H groups in total. The Morgan fingerprint density at radius 3 is 2.50 bits per heavy atom. The number of nitrogens with zero attached hydrogens (tertiary/aromatic N) is 1. The average molecular weight is 554 g/mol. The normalized spacial score (nSPS) is 29.2. The molecule has 1 amide bonds. The Balaban J connectivity index is 1.52. The first-order chi connectivity index (χ1) is 18.2. The minimum absolute atomic E-state index is 0.0132. The van der Waals surface area contributed by atoms with Crippen LogP contribution < -0.4 is 15.8 Å². The maximum Gasteiger partial charge on any atom is 0.411 e. The van der Waals surface area contributed by atoms with Gasteiger partial charge in [0.15, 0.2) is 18.6 Å². The number of para-hydroxylation sites is 1. The van der Waals surface area contributed by atoms with E-state index in [4.69, 9.17) is 25.8 Å². The van der Waals surface area contributed by atoms with Crippen LogP contribution in [-0.4, -0.2) is 89.2 Å². The topological polar surface area (TPSA) is 179 Å². The number of benzene rings is 2. The maximum absolute atomic E-state index is 11.7. The lowest BCUT2D eigenvalue weighted by Crippen LogP contribution is -2.61. The summed E-state index contributed by atoms with van der Waals surface area (Å²) in [5.74, 6) is -1.52. The van der Waals surface area contributed by atoms with E-state index in [1.54, 1.807) is 53.5 Å². The van der Waals surface area contributed by atoms with E-state index in [1.807, 2.05) is 0 Å². The number of aliphatic hydroxyl groups is 3. The summed E-state index contributed by atoms with van der Waals surface area (Å²) in [6.07, 6.45) is -11.1. The molecule has 0 radical (unpaired) electrons. The van der Waals surface area contributed by atoms with E-state index in [2.05, 4.69) is 15.5 Å². The van der Waals surface area contributed by atoms with Gasteiger partial charge in [0, 0.05) is 16.3 Å². The molecule has 2 aromatic carbocycles. The smallest absolute Gasteiger partial charge is 0.411 e. The molecule has 13 nitrogen and oxygen atoms in total. The Kier molecular flexibility index (Phi) is 9.02. The van der Waals surface area contributed by atoms with Gasteiger partial charge in [-0.3, -0.25) is 5.32 Å². The van der Waals surface area contributed by atoms with Crippen LogP contribution in [0.3, 0.4) is 0 Å². The average Bonchev–Trinajstić information content (AvgIpc) is 3.31. The van der Waals surface area contributed by atoms with E-state index >= 15 is 0 Å². The summed E-state index contributed by atoms with van der Waals surface area (Å²) in [6, 6.07) is 13.8. The number of nitrogens with one attached hydrogen (secondary N) is 2. The summed E-state index contributed by atoms with van der Waals surface area (Å²) in [7, 11) is 1.25. The van der Waals surface area contributed by atoms with Gasteiger partial charge in [0.2, 0.25) is 0 Å². The van der Waals surface area contributed by atoms with Crippen molar-refractivity contribution in [3.05, 3.63) is 59.1 Å². The second kappa shape index (κ2) is 12.2. The van der Waals surface area contributed by atoms with Crippen LogP contribution in [0.1, 0.15) is 5.56 Å². The molecule has 2 aliphatic rings. The molecular weight excluding hydrogens is 526 g/mol. The number of anilines is 2. The number of aliphatic hydroxyl groups excluding tert-OH is 3. The van der Waals surface area contributed by atoms with Crippen LogP contribution in [-0.2, 0) is 30.3 Å². The summed E-state index contributed by atoms with van der Waals surface area (Å²) in [5, 5.41) is 44.8. The third-order valence-electron chi connectivity index (χ3n) is 6.10. The Bertz CT molecular complexity index is 1120. The lowest BCUT2D eigenvalue weighted by atomic mass is 9.99. The molecule has 38 heavy (non-hydrogen) atoms. The van der Waals surface area contributed by atoms with Crippen LogP contribution in [0.4, 0.5) is 16.2 Å². The van der Waals surface area contributed by atoms with E-state index < -0.39 is 55.1 Å². The third-order valence-corrected chi connectivity index (χ3v) is 6.35. The van der Waals surface area contributed by atoms with Crippen molar-refractivity contribution < 1.29 is 49.0 Å². The highest BCUT2D eigenvalue weighted by molar-refractivity contribution is 6.30. The number of carboxylic acid groups (broad SMARTS) is 1. The lowest BCUT2D eigenvalue weighted by Gasteiger charge is -2.39. The molecular formula is C24H28ClN3O10. The van der Waals surface area contributed by atoms with Crippen molar-refractivity contribution in [1.29, 1.82) is 0 Å². The Hall–Kier alpha value is -3.01. The molecule has 14 heteroatoms. The van der Waals surface area contributed by atoms with E-state index in [1.165, 1.54) is 7.11 Å². The largest absolute Gasteiger partial charge is 0.479 e. The highest BCUT2D eigenvalue weighted by Crippen LogP contribution is 2.28. The molecule has 2 unspecified atom stereocenters. The maximum atomic E-state index is 11.7. The minimum atomic E-state index is -1.85. The number of hydrogen-bond donors (Lipinski definition) is 6. The van der Waals surface area contributed by atoms with Crippen molar-refractivity contribution >= 4 is 35.0 Å². The SMILES string of the molecule is COC(=O)Nc1ccccc1COC1NN(c2ccc(Cl)cc2)CC1O[C@H]1O[C@H](C(=O)O)[C@@H](O)[C@H](O)[C@H]1O. The number of rotatable bonds is 8. The zero-order chi connectivity index (χ0) is 27.4. The number of methoxy groups -OCH3 is 1. The molecule has 2 saturated heterocycles. The minimum Gasteiger partial charge on any atom is -0.479 e. The van der Waals surface area contributed by atoms with E-state index in [-0.39, 0.29) is 13.2 Å². The van der Waals surface area contributed by atoms with E-state index in [9.17, 15) is 30.0 Å². The summed E-state index contributed by atoms with van der Waals surface area (Å²) >= 11 is 6.00. The van der Waals surface area contributed by atoms with Crippen LogP contribution in [0.15, 0.2) is 48.5 Å². The van der Waals surface area contributed by atoms with Crippen LogP contribution in [0, 0.1) is 0 Å². The molecule has 0 aromatic heterocycles. The van der Waals surface area contributed by atoms with Gasteiger partial charge in [-0.15, -0.1) is 0 Å². The van der Waals surface area contributed by atoms with Gasteiger partial charge in [0.1, 0.15) is 24.4 Å². The van der Waals surface area contributed by atoms with Gasteiger partial charge in [-0.2, -0.15) is 0 Å². The fraction of sp³-hybridized carbons (Fsp3) is 0.417. The Morgan fingerprint density at radius 1 is 1.11 bits per heavy atom. The summed E-state index contributed by atoms with van der Waals surface area (Å²) in [4.78, 5) is 23.2. The van der Waals surface area contributed by atoms with Crippen LogP contribution in [0.2, 0.25) is 5.02 Å². The first-order valence-electron chi connectivity index (χ1n) is 11.6. The predicted molar refractivity (Wildman–Crippen MR) is 132 cm³/mol. The van der Waals surface area contributed by atoms with E-state index in [0.29, 0.717) is 22.0 Å². The van der Waals surface area contributed by atoms with Crippen molar-refractivity contribution in [2.24, 2.45) is 0 Å². The van der Waals surface area contributed by atoms with Crippen LogP contribution in [0.25, 0.3) is 0 Å². The van der Waals surface area contributed by atoms with Gasteiger partial charge in [-0.1, -0.05) is 29.8 Å². The second-order valence-electron chi connectivity index (χ2n) is 8.63. The van der Waals surface area contributed by atoms with Gasteiger partial charge in [-0.25, -0.2) is 15.0 Å². The molecule has 2 aromatic rings. The number of carbonyl (C=O) groups is 2. The molecule has 0 saturated carbocycles. The number of amides is 1. The highest BCUT2D eigenvalue weighted by Gasteiger charge is 2.49. The van der Waals surface area contributed by atoms with Crippen molar-refractivity contribution in [2.45, 2.75) is 49.6 Å². The number of carboxylic acids is 1. The number of aliphatic carboxylic acids is 1. The molecule has 2 fully saturated rings. The standard InChI is InChI=1S/C24H28ClN3O10/c1-35-24(34)26-15-5-3-2-4-12(15)11-36-21-16(10-28(27-21)14-8-6-13(25)7-9-14)37-23-19(31)17(29)18(30)20(38-23)22(32)33/h2-9,16-21,23,27,29-31H,10-11H2,1H3,(H,26,34)(H,32,33)/t16?,17-,18-,19+,20-,21?,23-/m0/s1. The zero-order valence-corrected chi connectivity index (χ0v) is 20.9. The fourth-order valence-corrected chi connectivity index (χ4v) is 4.20. The third kappa shape index (κ3) is 6.34. The summed E-state index contributed by atoms with van der Waals surface area (Å²) in [6.45, 7) is 0.177. The molecule has 0 bridgehead atoms. The van der Waals surface area contributed by atoms with Gasteiger partial charge >= 0.3 is 12.1 Å². The molecule has 2 aliphatic heterocycles. The quantitative estimate of drug-likeness (QED) is 0.269. The molecule has 7 atom stereocenters. The first kappa shape index (κ1) is 28.0. The molecule has 2 heterocycles.